The summed E-state index contributed by atoms with van der Waals surface area (Å²) in [4.78, 5) is 0. The van der Waals surface area contributed by atoms with Gasteiger partial charge in [-0.15, -0.1) is 0 Å². The van der Waals surface area contributed by atoms with Crippen LogP contribution < -0.4 is 5.32 Å². The topological polar surface area (TPSA) is 21.3 Å². The number of hydrogen-bond acceptors (Lipinski definition) is 2. The zero-order chi connectivity index (χ0) is 9.80. The number of hydrogen-bond donors (Lipinski definition) is 1. The van der Waals surface area contributed by atoms with Crippen LogP contribution in [-0.2, 0) is 4.74 Å². The minimum atomic E-state index is 0.777. The maximum Gasteiger partial charge on any atom is 0.0506 e. The molecule has 2 fully saturated rings. The van der Waals surface area contributed by atoms with Crippen molar-refractivity contribution in [2.24, 2.45) is 11.8 Å². The second kappa shape index (κ2) is 5.13. The van der Waals surface area contributed by atoms with Gasteiger partial charge in [0.25, 0.3) is 0 Å². The summed E-state index contributed by atoms with van der Waals surface area (Å²) < 4.78 is 5.48. The smallest absolute Gasteiger partial charge is 0.0506 e. The fraction of sp³-hybridized carbons (Fsp3) is 1.00. The van der Waals surface area contributed by atoms with Crippen molar-refractivity contribution < 1.29 is 4.74 Å². The van der Waals surface area contributed by atoms with Gasteiger partial charge in [-0.3, -0.25) is 0 Å². The summed E-state index contributed by atoms with van der Waals surface area (Å²) in [6.45, 7) is 5.51. The second-order valence-electron chi connectivity index (χ2n) is 5.11. The lowest BCUT2D eigenvalue weighted by molar-refractivity contribution is 0.0538. The van der Waals surface area contributed by atoms with Crippen molar-refractivity contribution in [2.45, 2.75) is 45.1 Å². The van der Waals surface area contributed by atoms with Crippen LogP contribution in [0.3, 0.4) is 0 Å². The fourth-order valence-corrected chi connectivity index (χ4v) is 2.69. The van der Waals surface area contributed by atoms with Gasteiger partial charge < -0.3 is 10.1 Å². The minimum Gasteiger partial charge on any atom is -0.381 e. The van der Waals surface area contributed by atoms with Crippen molar-refractivity contribution in [1.82, 2.24) is 5.32 Å². The molecule has 0 aromatic carbocycles. The maximum atomic E-state index is 5.48. The lowest BCUT2D eigenvalue weighted by Crippen LogP contribution is -2.34. The number of ether oxygens (including phenoxy) is 1. The van der Waals surface area contributed by atoms with Crippen molar-refractivity contribution in [2.75, 3.05) is 19.8 Å². The van der Waals surface area contributed by atoms with Gasteiger partial charge in [0.15, 0.2) is 0 Å². The van der Waals surface area contributed by atoms with Crippen molar-refractivity contribution in [1.29, 1.82) is 0 Å². The Balaban J connectivity index is 1.61. The first-order valence-electron chi connectivity index (χ1n) is 6.15. The third-order valence-electron chi connectivity index (χ3n) is 3.64. The van der Waals surface area contributed by atoms with Crippen molar-refractivity contribution in [3.05, 3.63) is 0 Å². The van der Waals surface area contributed by atoms with Crippen LogP contribution in [0.1, 0.15) is 39.0 Å². The van der Waals surface area contributed by atoms with Crippen LogP contribution in [0.15, 0.2) is 0 Å². The zero-order valence-corrected chi connectivity index (χ0v) is 9.30. The van der Waals surface area contributed by atoms with Crippen molar-refractivity contribution >= 4 is 0 Å². The molecule has 0 aromatic heterocycles. The summed E-state index contributed by atoms with van der Waals surface area (Å²) in [6.07, 6.45) is 6.80. The van der Waals surface area contributed by atoms with E-state index >= 15 is 0 Å². The van der Waals surface area contributed by atoms with E-state index < -0.39 is 0 Å². The van der Waals surface area contributed by atoms with E-state index in [4.69, 9.17) is 4.74 Å². The highest BCUT2D eigenvalue weighted by atomic mass is 16.5. The van der Waals surface area contributed by atoms with Gasteiger partial charge in [0.2, 0.25) is 0 Å². The first-order chi connectivity index (χ1) is 6.84. The molecule has 2 rings (SSSR count). The molecular weight excluding hydrogens is 174 g/mol. The van der Waals surface area contributed by atoms with Gasteiger partial charge in [-0.25, -0.2) is 0 Å². The molecule has 3 unspecified atom stereocenters. The SMILES string of the molecule is CC1CCC(NCC2CCCOC2)C1. The summed E-state index contributed by atoms with van der Waals surface area (Å²) in [7, 11) is 0. The Labute approximate surface area is 87.4 Å². The monoisotopic (exact) mass is 197 g/mol. The molecule has 1 N–H and O–H groups in total. The molecular formula is C12H23NO. The fourth-order valence-electron chi connectivity index (χ4n) is 2.69. The summed E-state index contributed by atoms with van der Waals surface area (Å²) >= 11 is 0. The Kier molecular flexibility index (Phi) is 3.82. The third kappa shape index (κ3) is 2.96. The van der Waals surface area contributed by atoms with Gasteiger partial charge in [-0.1, -0.05) is 6.92 Å². The lowest BCUT2D eigenvalue weighted by Gasteiger charge is -2.24. The molecule has 3 atom stereocenters. The summed E-state index contributed by atoms with van der Waals surface area (Å²) in [5.74, 6) is 1.72. The first kappa shape index (κ1) is 10.4. The van der Waals surface area contributed by atoms with Gasteiger partial charge >= 0.3 is 0 Å². The average molecular weight is 197 g/mol. The highest BCUT2D eigenvalue weighted by Crippen LogP contribution is 2.25. The molecule has 1 aliphatic heterocycles. The van der Waals surface area contributed by atoms with Gasteiger partial charge in [0.05, 0.1) is 6.61 Å². The van der Waals surface area contributed by atoms with E-state index in [2.05, 4.69) is 12.2 Å². The van der Waals surface area contributed by atoms with Gasteiger partial charge in [-0.2, -0.15) is 0 Å². The summed E-state index contributed by atoms with van der Waals surface area (Å²) in [5, 5.41) is 3.70. The number of rotatable bonds is 3. The van der Waals surface area contributed by atoms with Gasteiger partial charge in [0.1, 0.15) is 0 Å². The van der Waals surface area contributed by atoms with Gasteiger partial charge in [-0.05, 0) is 43.9 Å². The molecule has 0 bridgehead atoms. The minimum absolute atomic E-state index is 0.777. The van der Waals surface area contributed by atoms with Gasteiger partial charge in [0, 0.05) is 19.2 Å². The predicted molar refractivity (Wildman–Crippen MR) is 58.3 cm³/mol. The second-order valence-corrected chi connectivity index (χ2v) is 5.11. The van der Waals surface area contributed by atoms with Crippen LogP contribution in [-0.4, -0.2) is 25.8 Å². The normalized spacial score (nSPS) is 38.8. The Morgan fingerprint density at radius 1 is 1.29 bits per heavy atom. The molecule has 14 heavy (non-hydrogen) atoms. The van der Waals surface area contributed by atoms with E-state index in [0.29, 0.717) is 0 Å². The average Bonchev–Trinajstić information content (AvgIpc) is 2.63. The molecule has 2 nitrogen and oxygen atoms in total. The van der Waals surface area contributed by atoms with Crippen molar-refractivity contribution in [3.8, 4) is 0 Å². The van der Waals surface area contributed by atoms with Crippen LogP contribution in [0.5, 0.6) is 0 Å². The van der Waals surface area contributed by atoms with Crippen LogP contribution in [0.25, 0.3) is 0 Å². The lowest BCUT2D eigenvalue weighted by atomic mass is 10.0. The van der Waals surface area contributed by atoms with E-state index in [1.165, 1.54) is 38.6 Å². The highest BCUT2D eigenvalue weighted by molar-refractivity contribution is 4.79. The third-order valence-corrected chi connectivity index (χ3v) is 3.64. The molecule has 2 aliphatic rings. The van der Waals surface area contributed by atoms with Crippen LogP contribution >= 0.6 is 0 Å². The zero-order valence-electron chi connectivity index (χ0n) is 9.30. The van der Waals surface area contributed by atoms with E-state index in [1.807, 2.05) is 0 Å². The quantitative estimate of drug-likeness (QED) is 0.749. The Bertz CT molecular complexity index is 161. The molecule has 1 heterocycles. The Hall–Kier alpha value is -0.0800. The number of nitrogens with one attached hydrogen (secondary N) is 1. The van der Waals surface area contributed by atoms with E-state index in [0.717, 1.165) is 31.1 Å². The van der Waals surface area contributed by atoms with Crippen LogP contribution in [0.4, 0.5) is 0 Å². The molecule has 2 heteroatoms. The summed E-state index contributed by atoms with van der Waals surface area (Å²) in [5.41, 5.74) is 0. The molecule has 1 saturated carbocycles. The maximum absolute atomic E-state index is 5.48. The van der Waals surface area contributed by atoms with Crippen LogP contribution in [0, 0.1) is 11.8 Å². The molecule has 0 aromatic rings. The molecule has 0 radical (unpaired) electrons. The van der Waals surface area contributed by atoms with Crippen molar-refractivity contribution in [3.63, 3.8) is 0 Å². The molecule has 1 aliphatic carbocycles. The molecule has 0 spiro atoms. The van der Waals surface area contributed by atoms with E-state index in [9.17, 15) is 0 Å². The largest absolute Gasteiger partial charge is 0.381 e. The molecule has 82 valence electrons. The van der Waals surface area contributed by atoms with E-state index in [1.54, 1.807) is 0 Å². The highest BCUT2D eigenvalue weighted by Gasteiger charge is 2.22. The first-order valence-corrected chi connectivity index (χ1v) is 6.15. The molecule has 1 saturated heterocycles. The predicted octanol–water partition coefficient (Wildman–Crippen LogP) is 2.19. The summed E-state index contributed by atoms with van der Waals surface area (Å²) in [6, 6.07) is 0.798. The molecule has 0 amide bonds. The Morgan fingerprint density at radius 2 is 2.21 bits per heavy atom. The standard InChI is InChI=1S/C12H23NO/c1-10-4-5-12(7-10)13-8-11-3-2-6-14-9-11/h10-13H,2-9H2,1H3. The van der Waals surface area contributed by atoms with Crippen LogP contribution in [0.2, 0.25) is 0 Å². The Morgan fingerprint density at radius 3 is 2.86 bits per heavy atom. The van der Waals surface area contributed by atoms with E-state index in [-0.39, 0.29) is 0 Å².